The van der Waals surface area contributed by atoms with Crippen LogP contribution in [0.15, 0.2) is 24.3 Å². The second kappa shape index (κ2) is 6.37. The Kier molecular flexibility index (Phi) is 4.40. The summed E-state index contributed by atoms with van der Waals surface area (Å²) in [5.74, 6) is 4.66. The summed E-state index contributed by atoms with van der Waals surface area (Å²) in [5.41, 5.74) is 0. The molecule has 2 heteroatoms. The van der Waals surface area contributed by atoms with Gasteiger partial charge in [-0.1, -0.05) is 24.3 Å². The number of fused-ring (bicyclic) bond motifs is 4. The van der Waals surface area contributed by atoms with Crippen molar-refractivity contribution in [3.63, 3.8) is 0 Å². The lowest BCUT2D eigenvalue weighted by Crippen LogP contribution is -2.30. The highest BCUT2D eigenvalue weighted by Gasteiger charge is 2.36. The van der Waals surface area contributed by atoms with Crippen molar-refractivity contribution in [1.82, 2.24) is 0 Å². The molecular formula is C21H32O2. The summed E-state index contributed by atoms with van der Waals surface area (Å²) < 4.78 is 12.1. The fourth-order valence-electron chi connectivity index (χ4n) is 5.41. The van der Waals surface area contributed by atoms with Crippen LogP contribution in [0.2, 0.25) is 0 Å². The van der Waals surface area contributed by atoms with Gasteiger partial charge in [0.05, 0.1) is 13.2 Å². The van der Waals surface area contributed by atoms with Gasteiger partial charge in [-0.15, -0.1) is 0 Å². The second-order valence-electron chi connectivity index (χ2n) is 8.75. The van der Waals surface area contributed by atoms with Gasteiger partial charge < -0.3 is 9.47 Å². The molecular weight excluding hydrogens is 284 g/mol. The fourth-order valence-corrected chi connectivity index (χ4v) is 5.41. The zero-order chi connectivity index (χ0) is 15.9. The van der Waals surface area contributed by atoms with Crippen molar-refractivity contribution < 1.29 is 9.47 Å². The molecule has 2 saturated carbocycles. The van der Waals surface area contributed by atoms with E-state index in [9.17, 15) is 0 Å². The van der Waals surface area contributed by atoms with E-state index in [4.69, 9.17) is 9.47 Å². The normalized spacial score (nSPS) is 40.6. The summed E-state index contributed by atoms with van der Waals surface area (Å²) in [4.78, 5) is 0. The molecule has 0 radical (unpaired) electrons. The van der Waals surface area contributed by atoms with Crippen LogP contribution in [0.4, 0.5) is 0 Å². The minimum absolute atomic E-state index is 0.430. The third kappa shape index (κ3) is 3.58. The van der Waals surface area contributed by atoms with Crippen molar-refractivity contribution >= 4 is 0 Å². The molecule has 4 aliphatic rings. The number of hydrogen-bond donors (Lipinski definition) is 0. The first kappa shape index (κ1) is 15.9. The monoisotopic (exact) mass is 316 g/mol. The number of rotatable bonds is 8. The van der Waals surface area contributed by atoms with Gasteiger partial charge in [0, 0.05) is 0 Å². The predicted molar refractivity (Wildman–Crippen MR) is 92.9 cm³/mol. The molecule has 0 aromatic heterocycles. The van der Waals surface area contributed by atoms with Crippen LogP contribution in [0.1, 0.15) is 52.4 Å². The molecule has 2 fully saturated rings. The lowest BCUT2D eigenvalue weighted by Gasteiger charge is -2.28. The Bertz CT molecular complexity index is 436. The first-order chi connectivity index (χ1) is 11.1. The molecule has 23 heavy (non-hydrogen) atoms. The van der Waals surface area contributed by atoms with Gasteiger partial charge in [0.1, 0.15) is 0 Å². The van der Waals surface area contributed by atoms with Crippen molar-refractivity contribution in [2.45, 2.75) is 58.2 Å². The maximum Gasteiger partial charge on any atom is 0.162 e. The van der Waals surface area contributed by atoms with Crippen LogP contribution in [0, 0.1) is 35.5 Å². The van der Waals surface area contributed by atoms with Crippen molar-refractivity contribution in [2.75, 3.05) is 13.2 Å². The van der Waals surface area contributed by atoms with Gasteiger partial charge in [0.25, 0.3) is 0 Å². The van der Waals surface area contributed by atoms with Crippen LogP contribution in [0.3, 0.4) is 0 Å². The van der Waals surface area contributed by atoms with Gasteiger partial charge in [0.15, 0.2) is 5.79 Å². The van der Waals surface area contributed by atoms with Gasteiger partial charge in [-0.25, -0.2) is 0 Å². The highest BCUT2D eigenvalue weighted by Crippen LogP contribution is 2.46. The highest BCUT2D eigenvalue weighted by atomic mass is 16.7. The number of hydrogen-bond acceptors (Lipinski definition) is 2. The van der Waals surface area contributed by atoms with Gasteiger partial charge in [-0.2, -0.15) is 0 Å². The number of ether oxygens (including phenoxy) is 2. The zero-order valence-corrected chi connectivity index (χ0v) is 14.7. The van der Waals surface area contributed by atoms with Crippen LogP contribution in [0.25, 0.3) is 0 Å². The average molecular weight is 316 g/mol. The predicted octanol–water partition coefficient (Wildman–Crippen LogP) is 4.96. The van der Waals surface area contributed by atoms with E-state index in [-0.39, 0.29) is 0 Å². The quantitative estimate of drug-likeness (QED) is 0.465. The van der Waals surface area contributed by atoms with Crippen molar-refractivity contribution in [3.8, 4) is 0 Å². The molecule has 2 nitrogen and oxygen atoms in total. The molecule has 4 bridgehead atoms. The molecule has 0 saturated heterocycles. The third-order valence-electron chi connectivity index (χ3n) is 6.71. The summed E-state index contributed by atoms with van der Waals surface area (Å²) >= 11 is 0. The SMILES string of the molecule is CC(C)(OCCC1CC2C=CC1C2)OCCC1CC2C=CC1C2. The topological polar surface area (TPSA) is 18.5 Å². The van der Waals surface area contributed by atoms with Gasteiger partial charge >= 0.3 is 0 Å². The van der Waals surface area contributed by atoms with Crippen LogP contribution in [-0.4, -0.2) is 19.0 Å². The smallest absolute Gasteiger partial charge is 0.162 e. The van der Waals surface area contributed by atoms with Gasteiger partial charge in [-0.05, 0) is 87.9 Å². The largest absolute Gasteiger partial charge is 0.351 e. The van der Waals surface area contributed by atoms with Gasteiger partial charge in [-0.3, -0.25) is 0 Å². The standard InChI is InChI=1S/C21H32O2/c1-21(2,22-9-7-19-13-15-3-5-17(19)11-15)23-10-8-20-14-16-4-6-18(20)12-16/h3-6,15-20H,7-14H2,1-2H3. The molecule has 6 unspecified atom stereocenters. The van der Waals surface area contributed by atoms with E-state index in [1.165, 1.54) is 38.5 Å². The van der Waals surface area contributed by atoms with E-state index in [1.807, 2.05) is 0 Å². The first-order valence-electron chi connectivity index (χ1n) is 9.73. The maximum atomic E-state index is 6.07. The van der Waals surface area contributed by atoms with Crippen LogP contribution in [-0.2, 0) is 9.47 Å². The van der Waals surface area contributed by atoms with Crippen molar-refractivity contribution in [3.05, 3.63) is 24.3 Å². The molecule has 0 amide bonds. The van der Waals surface area contributed by atoms with E-state index in [2.05, 4.69) is 38.2 Å². The molecule has 6 atom stereocenters. The molecule has 0 aliphatic heterocycles. The van der Waals surface area contributed by atoms with E-state index in [0.29, 0.717) is 0 Å². The van der Waals surface area contributed by atoms with Crippen LogP contribution >= 0.6 is 0 Å². The van der Waals surface area contributed by atoms with Gasteiger partial charge in [0.2, 0.25) is 0 Å². The molecule has 4 aliphatic carbocycles. The summed E-state index contributed by atoms with van der Waals surface area (Å²) in [7, 11) is 0. The molecule has 128 valence electrons. The van der Waals surface area contributed by atoms with Crippen LogP contribution < -0.4 is 0 Å². The van der Waals surface area contributed by atoms with E-state index in [1.54, 1.807) is 0 Å². The minimum atomic E-state index is -0.430. The molecule has 0 spiro atoms. The zero-order valence-electron chi connectivity index (χ0n) is 14.7. The fraction of sp³-hybridized carbons (Fsp3) is 0.810. The Morgan fingerprint density at radius 1 is 0.739 bits per heavy atom. The Labute approximate surface area is 141 Å². The molecule has 0 heterocycles. The molecule has 0 N–H and O–H groups in total. The van der Waals surface area contributed by atoms with Crippen LogP contribution in [0.5, 0.6) is 0 Å². The summed E-state index contributed by atoms with van der Waals surface area (Å²) in [5, 5.41) is 0. The Morgan fingerprint density at radius 2 is 1.22 bits per heavy atom. The third-order valence-corrected chi connectivity index (χ3v) is 6.71. The average Bonchev–Trinajstić information content (AvgIpc) is 3.27. The molecule has 4 rings (SSSR count). The maximum absolute atomic E-state index is 6.07. The lowest BCUT2D eigenvalue weighted by atomic mass is 9.91. The number of allylic oxidation sites excluding steroid dienone is 4. The molecule has 0 aromatic carbocycles. The lowest BCUT2D eigenvalue weighted by molar-refractivity contribution is -0.216. The Morgan fingerprint density at radius 3 is 1.57 bits per heavy atom. The Hall–Kier alpha value is -0.600. The summed E-state index contributed by atoms with van der Waals surface area (Å²) in [6, 6.07) is 0. The first-order valence-corrected chi connectivity index (χ1v) is 9.73. The Balaban J connectivity index is 1.13. The second-order valence-corrected chi connectivity index (χ2v) is 8.75. The van der Waals surface area contributed by atoms with E-state index in [0.717, 1.165) is 48.7 Å². The van der Waals surface area contributed by atoms with E-state index < -0.39 is 5.79 Å². The minimum Gasteiger partial charge on any atom is -0.351 e. The van der Waals surface area contributed by atoms with Crippen molar-refractivity contribution in [1.29, 1.82) is 0 Å². The highest BCUT2D eigenvalue weighted by molar-refractivity contribution is 5.10. The summed E-state index contributed by atoms with van der Waals surface area (Å²) in [6.07, 6.45) is 17.6. The summed E-state index contributed by atoms with van der Waals surface area (Å²) in [6.45, 7) is 5.83. The molecule has 0 aromatic rings. The van der Waals surface area contributed by atoms with Crippen molar-refractivity contribution in [2.24, 2.45) is 35.5 Å². The van der Waals surface area contributed by atoms with E-state index >= 15 is 0 Å².